The van der Waals surface area contributed by atoms with Crippen LogP contribution in [-0.2, 0) is 26.2 Å². The van der Waals surface area contributed by atoms with E-state index in [0.29, 0.717) is 6.54 Å². The molecule has 0 amide bonds. The molecule has 2 aromatic carbocycles. The van der Waals surface area contributed by atoms with Gasteiger partial charge in [-0.1, -0.05) is 54.1 Å². The lowest BCUT2D eigenvalue weighted by Crippen LogP contribution is -2.22. The number of hydrogen-bond acceptors (Lipinski definition) is 3. The van der Waals surface area contributed by atoms with Gasteiger partial charge in [0, 0.05) is 43.6 Å². The minimum atomic E-state index is 0.574. The zero-order chi connectivity index (χ0) is 17.5. The highest BCUT2D eigenvalue weighted by Gasteiger charge is 2.09. The monoisotopic (exact) mass is 351 g/mol. The number of aromatic nitrogens is 1. The van der Waals surface area contributed by atoms with E-state index >= 15 is 0 Å². The SMILES string of the molecule is NCc1ccc(CN(Cc2ccc(Cl)cc2)Cc2cccnc2)cc1. The van der Waals surface area contributed by atoms with Crippen LogP contribution in [0.2, 0.25) is 5.02 Å². The van der Waals surface area contributed by atoms with E-state index in [4.69, 9.17) is 17.3 Å². The van der Waals surface area contributed by atoms with E-state index in [0.717, 1.165) is 30.2 Å². The lowest BCUT2D eigenvalue weighted by molar-refractivity contribution is 0.247. The van der Waals surface area contributed by atoms with Crippen molar-refractivity contribution in [1.29, 1.82) is 0 Å². The third kappa shape index (κ3) is 5.40. The van der Waals surface area contributed by atoms with Crippen molar-refractivity contribution < 1.29 is 0 Å². The Morgan fingerprint density at radius 1 is 0.760 bits per heavy atom. The summed E-state index contributed by atoms with van der Waals surface area (Å²) < 4.78 is 0. The molecule has 0 aliphatic heterocycles. The average Bonchev–Trinajstić information content (AvgIpc) is 2.65. The maximum absolute atomic E-state index is 6.00. The van der Waals surface area contributed by atoms with Crippen LogP contribution >= 0.6 is 11.6 Å². The van der Waals surface area contributed by atoms with E-state index in [2.05, 4.69) is 52.3 Å². The van der Waals surface area contributed by atoms with Gasteiger partial charge in [0.1, 0.15) is 0 Å². The zero-order valence-electron chi connectivity index (χ0n) is 14.1. The second kappa shape index (κ2) is 8.77. The maximum Gasteiger partial charge on any atom is 0.0406 e. The summed E-state index contributed by atoms with van der Waals surface area (Å²) in [5.41, 5.74) is 10.6. The van der Waals surface area contributed by atoms with Crippen molar-refractivity contribution in [2.75, 3.05) is 0 Å². The van der Waals surface area contributed by atoms with Gasteiger partial charge in [-0.3, -0.25) is 9.88 Å². The highest BCUT2D eigenvalue weighted by molar-refractivity contribution is 6.30. The molecular formula is C21H22ClN3. The van der Waals surface area contributed by atoms with Crippen LogP contribution in [0.5, 0.6) is 0 Å². The van der Waals surface area contributed by atoms with Crippen molar-refractivity contribution in [3.05, 3.63) is 100 Å². The molecule has 0 saturated carbocycles. The maximum atomic E-state index is 6.00. The van der Waals surface area contributed by atoms with Gasteiger partial charge in [-0.05, 0) is 40.5 Å². The van der Waals surface area contributed by atoms with Crippen LogP contribution in [0.4, 0.5) is 0 Å². The fourth-order valence-electron chi connectivity index (χ4n) is 2.80. The number of rotatable bonds is 7. The van der Waals surface area contributed by atoms with Gasteiger partial charge in [0.2, 0.25) is 0 Å². The van der Waals surface area contributed by atoms with Crippen molar-refractivity contribution in [3.8, 4) is 0 Å². The molecule has 25 heavy (non-hydrogen) atoms. The third-order valence-electron chi connectivity index (χ3n) is 4.11. The quantitative estimate of drug-likeness (QED) is 0.686. The predicted octanol–water partition coefficient (Wildman–Crippen LogP) is 4.40. The van der Waals surface area contributed by atoms with Crippen LogP contribution in [0, 0.1) is 0 Å². The van der Waals surface area contributed by atoms with Gasteiger partial charge in [0.25, 0.3) is 0 Å². The Morgan fingerprint density at radius 3 is 1.88 bits per heavy atom. The van der Waals surface area contributed by atoms with E-state index in [9.17, 15) is 0 Å². The highest BCUT2D eigenvalue weighted by atomic mass is 35.5. The molecule has 0 aliphatic carbocycles. The molecule has 0 saturated heterocycles. The van der Waals surface area contributed by atoms with Crippen LogP contribution in [-0.4, -0.2) is 9.88 Å². The van der Waals surface area contributed by atoms with Crippen LogP contribution in [0.25, 0.3) is 0 Å². The van der Waals surface area contributed by atoms with Crippen molar-refractivity contribution >= 4 is 11.6 Å². The van der Waals surface area contributed by atoms with Gasteiger partial charge in [0.15, 0.2) is 0 Å². The number of halogens is 1. The number of nitrogens with zero attached hydrogens (tertiary/aromatic N) is 2. The summed E-state index contributed by atoms with van der Waals surface area (Å²) in [6.07, 6.45) is 3.73. The molecule has 0 aliphatic rings. The highest BCUT2D eigenvalue weighted by Crippen LogP contribution is 2.16. The summed E-state index contributed by atoms with van der Waals surface area (Å²) in [5, 5.41) is 0.764. The van der Waals surface area contributed by atoms with Crippen molar-refractivity contribution in [3.63, 3.8) is 0 Å². The van der Waals surface area contributed by atoms with Gasteiger partial charge in [-0.15, -0.1) is 0 Å². The minimum absolute atomic E-state index is 0.574. The molecule has 0 fully saturated rings. The van der Waals surface area contributed by atoms with Crippen LogP contribution in [0.15, 0.2) is 73.1 Å². The standard InChI is InChI=1S/C21H22ClN3/c22-21-9-7-19(8-10-21)15-25(16-20-2-1-11-24-13-20)14-18-5-3-17(12-23)4-6-18/h1-11,13H,12,14-16,23H2. The van der Waals surface area contributed by atoms with E-state index in [1.807, 2.05) is 24.4 Å². The lowest BCUT2D eigenvalue weighted by atomic mass is 10.1. The molecule has 3 nitrogen and oxygen atoms in total. The normalized spacial score (nSPS) is 11.0. The average molecular weight is 352 g/mol. The molecule has 0 radical (unpaired) electrons. The van der Waals surface area contributed by atoms with Crippen molar-refractivity contribution in [2.24, 2.45) is 5.73 Å². The van der Waals surface area contributed by atoms with E-state index in [1.165, 1.54) is 16.7 Å². The molecule has 2 N–H and O–H groups in total. The molecule has 1 heterocycles. The van der Waals surface area contributed by atoms with Crippen molar-refractivity contribution in [1.82, 2.24) is 9.88 Å². The predicted molar refractivity (Wildman–Crippen MR) is 103 cm³/mol. The number of benzene rings is 2. The molecule has 3 rings (SSSR count). The van der Waals surface area contributed by atoms with Gasteiger partial charge in [-0.2, -0.15) is 0 Å². The largest absolute Gasteiger partial charge is 0.326 e. The van der Waals surface area contributed by atoms with Crippen LogP contribution in [0.3, 0.4) is 0 Å². The molecule has 3 aromatic rings. The molecular weight excluding hydrogens is 330 g/mol. The molecule has 0 unspecified atom stereocenters. The third-order valence-corrected chi connectivity index (χ3v) is 4.37. The van der Waals surface area contributed by atoms with Crippen LogP contribution in [0.1, 0.15) is 22.3 Å². The Labute approximate surface area is 154 Å². The molecule has 0 spiro atoms. The summed E-state index contributed by atoms with van der Waals surface area (Å²) >= 11 is 6.00. The first-order chi connectivity index (χ1) is 12.2. The van der Waals surface area contributed by atoms with Gasteiger partial charge >= 0.3 is 0 Å². The molecule has 1 aromatic heterocycles. The van der Waals surface area contributed by atoms with Gasteiger partial charge < -0.3 is 5.73 Å². The first kappa shape index (κ1) is 17.6. The topological polar surface area (TPSA) is 42.1 Å². The van der Waals surface area contributed by atoms with Gasteiger partial charge in [-0.25, -0.2) is 0 Å². The molecule has 0 bridgehead atoms. The van der Waals surface area contributed by atoms with E-state index < -0.39 is 0 Å². The Kier molecular flexibility index (Phi) is 6.18. The second-order valence-electron chi connectivity index (χ2n) is 6.15. The summed E-state index contributed by atoms with van der Waals surface area (Å²) in [6, 6.07) is 20.6. The van der Waals surface area contributed by atoms with Crippen LogP contribution < -0.4 is 5.73 Å². The Morgan fingerprint density at radius 2 is 1.32 bits per heavy atom. The minimum Gasteiger partial charge on any atom is -0.326 e. The zero-order valence-corrected chi connectivity index (χ0v) is 14.9. The number of nitrogens with two attached hydrogens (primary N) is 1. The second-order valence-corrected chi connectivity index (χ2v) is 6.59. The Balaban J connectivity index is 1.76. The summed E-state index contributed by atoms with van der Waals surface area (Å²) in [5.74, 6) is 0. The lowest BCUT2D eigenvalue weighted by Gasteiger charge is -2.23. The van der Waals surface area contributed by atoms with E-state index in [-0.39, 0.29) is 0 Å². The Hall–Kier alpha value is -2.20. The summed E-state index contributed by atoms with van der Waals surface area (Å²) in [4.78, 5) is 6.63. The summed E-state index contributed by atoms with van der Waals surface area (Å²) in [7, 11) is 0. The van der Waals surface area contributed by atoms with E-state index in [1.54, 1.807) is 6.20 Å². The smallest absolute Gasteiger partial charge is 0.0406 e. The fourth-order valence-corrected chi connectivity index (χ4v) is 2.93. The Bertz CT molecular complexity index is 771. The van der Waals surface area contributed by atoms with Gasteiger partial charge in [0.05, 0.1) is 0 Å². The van der Waals surface area contributed by atoms with Crippen molar-refractivity contribution in [2.45, 2.75) is 26.2 Å². The molecule has 4 heteroatoms. The number of pyridine rings is 1. The molecule has 0 atom stereocenters. The number of hydrogen-bond donors (Lipinski definition) is 1. The first-order valence-electron chi connectivity index (χ1n) is 8.36. The molecule has 128 valence electrons. The first-order valence-corrected chi connectivity index (χ1v) is 8.74. The summed E-state index contributed by atoms with van der Waals surface area (Å²) in [6.45, 7) is 3.13. The fraction of sp³-hybridized carbons (Fsp3) is 0.190.